The summed E-state index contributed by atoms with van der Waals surface area (Å²) in [6, 6.07) is 0.644. The standard InChI is InChI=1S/C39H68N2O6/c1-11-27-37(8)32(42)31-30(24(2)18-26(46-31)33(44-10)35(5,6)43)36(37,7)14-15-39(27)23-38(39)13-12-28(34(3,4)22-38)47-29-21-41(16-17-45-29)25-19-40(9)20-25/h24-33,42-43H,11-23H2,1-10H3. The summed E-state index contributed by atoms with van der Waals surface area (Å²) in [5.74, 6) is 1.13. The molecule has 3 saturated heterocycles. The number of methoxy groups -OCH3 is 1. The largest absolute Gasteiger partial charge is 0.390 e. The van der Waals surface area contributed by atoms with Crippen molar-refractivity contribution in [2.24, 2.45) is 44.8 Å². The predicted molar refractivity (Wildman–Crippen MR) is 183 cm³/mol. The van der Waals surface area contributed by atoms with Crippen molar-refractivity contribution in [1.82, 2.24) is 9.80 Å². The van der Waals surface area contributed by atoms with Gasteiger partial charge in [-0.05, 0) is 105 Å². The Labute approximate surface area is 285 Å². The molecule has 4 saturated carbocycles. The van der Waals surface area contributed by atoms with Gasteiger partial charge in [-0.25, -0.2) is 0 Å². The Balaban J connectivity index is 1.08. The number of ether oxygens (including phenoxy) is 4. The second-order valence-electron chi connectivity index (χ2n) is 19.4. The molecule has 4 aliphatic carbocycles. The van der Waals surface area contributed by atoms with Gasteiger partial charge in [0.1, 0.15) is 6.10 Å². The Bertz CT molecular complexity index is 1170. The molecular weight excluding hydrogens is 592 g/mol. The first-order valence-corrected chi connectivity index (χ1v) is 19.2. The molecule has 8 nitrogen and oxygen atoms in total. The fourth-order valence-electron chi connectivity index (χ4n) is 13.9. The van der Waals surface area contributed by atoms with Crippen molar-refractivity contribution in [3.05, 3.63) is 0 Å². The number of rotatable bonds is 7. The van der Waals surface area contributed by atoms with Gasteiger partial charge < -0.3 is 34.1 Å². The Morgan fingerprint density at radius 2 is 1.77 bits per heavy atom. The first-order valence-electron chi connectivity index (χ1n) is 19.2. The summed E-state index contributed by atoms with van der Waals surface area (Å²) in [6.45, 7) is 23.2. The third-order valence-electron chi connectivity index (χ3n) is 16.1. The van der Waals surface area contributed by atoms with Crippen LogP contribution < -0.4 is 0 Å². The molecule has 7 aliphatic rings. The number of morpholine rings is 1. The normalized spacial score (nSPS) is 51.1. The molecule has 8 heteroatoms. The van der Waals surface area contributed by atoms with E-state index < -0.39 is 17.8 Å². The number of nitrogens with zero attached hydrogens (tertiary/aromatic N) is 2. The summed E-state index contributed by atoms with van der Waals surface area (Å²) < 4.78 is 25.8. The third-order valence-corrected chi connectivity index (χ3v) is 16.1. The van der Waals surface area contributed by atoms with Crippen molar-refractivity contribution in [2.75, 3.05) is 46.9 Å². The van der Waals surface area contributed by atoms with Crippen molar-refractivity contribution in [3.63, 3.8) is 0 Å². The number of likely N-dealkylation sites (N-methyl/N-ethyl adjacent to an activating group) is 1. The van der Waals surface area contributed by atoms with Crippen LogP contribution in [0.2, 0.25) is 0 Å². The van der Waals surface area contributed by atoms with Crippen LogP contribution in [0, 0.1) is 44.8 Å². The lowest BCUT2D eigenvalue weighted by molar-refractivity contribution is -0.238. The maximum absolute atomic E-state index is 12.5. The van der Waals surface area contributed by atoms with E-state index in [9.17, 15) is 10.2 Å². The first kappa shape index (κ1) is 35.1. The van der Waals surface area contributed by atoms with Crippen LogP contribution in [-0.4, -0.2) is 115 Å². The van der Waals surface area contributed by atoms with Crippen molar-refractivity contribution >= 4 is 0 Å². The zero-order chi connectivity index (χ0) is 33.9. The molecule has 2 N–H and O–H groups in total. The topological polar surface area (TPSA) is 83.9 Å². The Morgan fingerprint density at radius 1 is 1.04 bits per heavy atom. The van der Waals surface area contributed by atoms with E-state index in [-0.39, 0.29) is 46.3 Å². The first-order chi connectivity index (χ1) is 22.0. The molecule has 270 valence electrons. The van der Waals surface area contributed by atoms with Crippen LogP contribution in [0.25, 0.3) is 0 Å². The highest BCUT2D eigenvalue weighted by Gasteiger charge is 2.81. The van der Waals surface area contributed by atoms with Gasteiger partial charge in [-0.2, -0.15) is 0 Å². The van der Waals surface area contributed by atoms with E-state index in [0.29, 0.717) is 29.2 Å². The molecule has 0 bridgehead atoms. The van der Waals surface area contributed by atoms with Crippen LogP contribution in [0.15, 0.2) is 0 Å². The average molecular weight is 661 g/mol. The highest BCUT2D eigenvalue weighted by molar-refractivity contribution is 5.29. The van der Waals surface area contributed by atoms with Crippen molar-refractivity contribution < 1.29 is 29.2 Å². The summed E-state index contributed by atoms with van der Waals surface area (Å²) in [4.78, 5) is 4.98. The lowest BCUT2D eigenvalue weighted by Crippen LogP contribution is -2.62. The smallest absolute Gasteiger partial charge is 0.170 e. The average Bonchev–Trinajstić information content (AvgIpc) is 3.53. The minimum Gasteiger partial charge on any atom is -0.390 e. The zero-order valence-corrected chi connectivity index (χ0v) is 31.4. The van der Waals surface area contributed by atoms with Crippen molar-refractivity contribution in [2.45, 2.75) is 155 Å². The van der Waals surface area contributed by atoms with E-state index in [0.717, 1.165) is 58.5 Å². The molecule has 0 radical (unpaired) electrons. The molecule has 0 amide bonds. The molecule has 0 aromatic heterocycles. The molecular formula is C39H68N2O6. The van der Waals surface area contributed by atoms with E-state index in [1.807, 2.05) is 13.8 Å². The van der Waals surface area contributed by atoms with Gasteiger partial charge >= 0.3 is 0 Å². The van der Waals surface area contributed by atoms with E-state index in [1.54, 1.807) is 7.11 Å². The number of hydrogen-bond donors (Lipinski definition) is 2. The SMILES string of the molecule is CCC1C2(CCC3(C)C4C(C)CC(C(OC)C(C)(C)O)OC4C(O)C13C)CC21CCC(OC2CN(C3CN(C)C3)CCO2)C(C)(C)C1. The summed E-state index contributed by atoms with van der Waals surface area (Å²) in [7, 11) is 3.87. The predicted octanol–water partition coefficient (Wildman–Crippen LogP) is 5.33. The van der Waals surface area contributed by atoms with Crippen LogP contribution >= 0.6 is 0 Å². The van der Waals surface area contributed by atoms with Gasteiger partial charge in [0, 0.05) is 44.7 Å². The second kappa shape index (κ2) is 11.6. The number of aliphatic hydroxyl groups is 2. The van der Waals surface area contributed by atoms with Gasteiger partial charge in [0.05, 0.1) is 36.6 Å². The quantitative estimate of drug-likeness (QED) is 0.379. The summed E-state index contributed by atoms with van der Waals surface area (Å²) in [5.41, 5.74) is -0.579. The van der Waals surface area contributed by atoms with Crippen LogP contribution in [-0.2, 0) is 18.9 Å². The third kappa shape index (κ3) is 5.10. The molecule has 3 heterocycles. The number of likely N-dealkylation sites (tertiary alicyclic amines) is 1. The Morgan fingerprint density at radius 3 is 2.38 bits per heavy atom. The van der Waals surface area contributed by atoms with Crippen LogP contribution in [0.3, 0.4) is 0 Å². The molecule has 13 unspecified atom stereocenters. The van der Waals surface area contributed by atoms with Gasteiger partial charge in [-0.15, -0.1) is 0 Å². The minimum atomic E-state index is -1.02. The van der Waals surface area contributed by atoms with E-state index in [4.69, 9.17) is 18.9 Å². The molecule has 3 aliphatic heterocycles. The molecule has 47 heavy (non-hydrogen) atoms. The summed E-state index contributed by atoms with van der Waals surface area (Å²) >= 11 is 0. The van der Waals surface area contributed by atoms with Gasteiger partial charge in [0.25, 0.3) is 0 Å². The monoisotopic (exact) mass is 661 g/mol. The highest BCUT2D eigenvalue weighted by Crippen LogP contribution is 2.85. The lowest BCUT2D eigenvalue weighted by atomic mass is 9.45. The van der Waals surface area contributed by atoms with Gasteiger partial charge in [0.2, 0.25) is 0 Å². The van der Waals surface area contributed by atoms with Crippen LogP contribution in [0.5, 0.6) is 0 Å². The van der Waals surface area contributed by atoms with E-state index in [1.165, 1.54) is 25.7 Å². The maximum atomic E-state index is 12.5. The van der Waals surface area contributed by atoms with E-state index >= 15 is 0 Å². The van der Waals surface area contributed by atoms with Gasteiger partial charge in [-0.1, -0.05) is 48.0 Å². The maximum Gasteiger partial charge on any atom is 0.170 e. The zero-order valence-electron chi connectivity index (χ0n) is 31.4. The number of aliphatic hydroxyl groups excluding tert-OH is 1. The van der Waals surface area contributed by atoms with Crippen molar-refractivity contribution in [3.8, 4) is 0 Å². The fourth-order valence-corrected chi connectivity index (χ4v) is 13.9. The summed E-state index contributed by atoms with van der Waals surface area (Å²) in [5, 5.41) is 23.5. The molecule has 0 aromatic carbocycles. The minimum absolute atomic E-state index is 0.00372. The number of fused-ring (bicyclic) bond motifs is 4. The lowest BCUT2D eigenvalue weighted by Gasteiger charge is -2.60. The fraction of sp³-hybridized carbons (Fsp3) is 1.00. The van der Waals surface area contributed by atoms with Gasteiger partial charge in [-0.3, -0.25) is 4.90 Å². The van der Waals surface area contributed by atoms with Crippen LogP contribution in [0.1, 0.15) is 107 Å². The van der Waals surface area contributed by atoms with Crippen LogP contribution in [0.4, 0.5) is 0 Å². The molecule has 7 fully saturated rings. The van der Waals surface area contributed by atoms with Crippen molar-refractivity contribution in [1.29, 1.82) is 0 Å². The molecule has 13 atom stereocenters. The molecule has 0 aromatic rings. The molecule has 2 spiro atoms. The Kier molecular flexibility index (Phi) is 8.66. The highest BCUT2D eigenvalue weighted by atomic mass is 16.7. The Hall–Kier alpha value is -0.320. The van der Waals surface area contributed by atoms with E-state index in [2.05, 4.69) is 58.4 Å². The van der Waals surface area contributed by atoms with Gasteiger partial charge in [0.15, 0.2) is 6.29 Å². The molecule has 7 rings (SSSR count). The second-order valence-corrected chi connectivity index (χ2v) is 19.4. The summed E-state index contributed by atoms with van der Waals surface area (Å²) in [6.07, 6.45) is 7.80. The number of hydrogen-bond acceptors (Lipinski definition) is 8.